The SMILES string of the molecule is CCNC(=NCc1ccccc1CN1CCC(C)CC1)NCc1nc(C)c(C)o1. The summed E-state index contributed by atoms with van der Waals surface area (Å²) in [5.74, 6) is 3.19. The second kappa shape index (κ2) is 10.4. The summed E-state index contributed by atoms with van der Waals surface area (Å²) >= 11 is 0. The van der Waals surface area contributed by atoms with Gasteiger partial charge in [0.05, 0.1) is 18.8 Å². The summed E-state index contributed by atoms with van der Waals surface area (Å²) in [6.45, 7) is 13.7. The van der Waals surface area contributed by atoms with Crippen molar-refractivity contribution in [1.29, 1.82) is 0 Å². The number of rotatable bonds is 7. The van der Waals surface area contributed by atoms with E-state index in [0.717, 1.165) is 36.4 Å². The Morgan fingerprint density at radius 3 is 2.55 bits per heavy atom. The van der Waals surface area contributed by atoms with Gasteiger partial charge >= 0.3 is 0 Å². The number of oxazole rings is 1. The predicted octanol–water partition coefficient (Wildman–Crippen LogP) is 3.78. The highest BCUT2D eigenvalue weighted by molar-refractivity contribution is 5.79. The standard InChI is InChI=1S/C23H35N5O/c1-5-24-23(26-15-22-27-18(3)19(4)29-22)25-14-20-8-6-7-9-21(20)16-28-12-10-17(2)11-13-28/h6-9,17H,5,10-16H2,1-4H3,(H2,24,25,26). The van der Waals surface area contributed by atoms with Gasteiger partial charge in [-0.15, -0.1) is 0 Å². The lowest BCUT2D eigenvalue weighted by Crippen LogP contribution is -2.37. The van der Waals surface area contributed by atoms with Gasteiger partial charge in [0, 0.05) is 13.1 Å². The van der Waals surface area contributed by atoms with Gasteiger partial charge in [-0.05, 0) is 63.7 Å². The van der Waals surface area contributed by atoms with Gasteiger partial charge in [-0.1, -0.05) is 31.2 Å². The number of hydrogen-bond donors (Lipinski definition) is 2. The summed E-state index contributed by atoms with van der Waals surface area (Å²) in [5, 5.41) is 6.63. The van der Waals surface area contributed by atoms with E-state index < -0.39 is 0 Å². The largest absolute Gasteiger partial charge is 0.444 e. The molecule has 1 fully saturated rings. The molecule has 0 aliphatic carbocycles. The minimum Gasteiger partial charge on any atom is -0.444 e. The number of aryl methyl sites for hydroxylation is 2. The molecule has 0 atom stereocenters. The normalized spacial score (nSPS) is 16.2. The second-order valence-electron chi connectivity index (χ2n) is 8.03. The Morgan fingerprint density at radius 1 is 1.17 bits per heavy atom. The van der Waals surface area contributed by atoms with Crippen LogP contribution in [0.1, 0.15) is 55.2 Å². The molecule has 1 aromatic carbocycles. The van der Waals surface area contributed by atoms with Crippen LogP contribution < -0.4 is 10.6 Å². The van der Waals surface area contributed by atoms with E-state index in [-0.39, 0.29) is 0 Å². The monoisotopic (exact) mass is 397 g/mol. The summed E-state index contributed by atoms with van der Waals surface area (Å²) in [7, 11) is 0. The summed E-state index contributed by atoms with van der Waals surface area (Å²) in [6.07, 6.45) is 2.60. The molecule has 2 N–H and O–H groups in total. The Morgan fingerprint density at radius 2 is 1.90 bits per heavy atom. The topological polar surface area (TPSA) is 65.7 Å². The first-order valence-corrected chi connectivity index (χ1v) is 10.8. The Bertz CT molecular complexity index is 786. The number of aliphatic imine (C=N–C) groups is 1. The lowest BCUT2D eigenvalue weighted by molar-refractivity contribution is 0.185. The maximum Gasteiger partial charge on any atom is 0.214 e. The van der Waals surface area contributed by atoms with Crippen LogP contribution in [0.25, 0.3) is 0 Å². The van der Waals surface area contributed by atoms with E-state index in [9.17, 15) is 0 Å². The van der Waals surface area contributed by atoms with E-state index in [2.05, 4.69) is 58.6 Å². The van der Waals surface area contributed by atoms with Crippen molar-refractivity contribution in [2.24, 2.45) is 10.9 Å². The first-order chi connectivity index (χ1) is 14.0. The zero-order valence-corrected chi connectivity index (χ0v) is 18.3. The van der Waals surface area contributed by atoms with Crippen LogP contribution in [0.3, 0.4) is 0 Å². The van der Waals surface area contributed by atoms with Gasteiger partial charge in [-0.3, -0.25) is 4.90 Å². The molecule has 1 aliphatic rings. The Hall–Kier alpha value is -2.34. The molecule has 2 heterocycles. The van der Waals surface area contributed by atoms with E-state index in [1.165, 1.54) is 37.1 Å². The highest BCUT2D eigenvalue weighted by Gasteiger charge is 2.16. The molecule has 1 aromatic heterocycles. The molecule has 3 rings (SSSR count). The fraction of sp³-hybridized carbons (Fsp3) is 0.565. The first-order valence-electron chi connectivity index (χ1n) is 10.8. The average molecular weight is 398 g/mol. The minimum absolute atomic E-state index is 0.522. The maximum absolute atomic E-state index is 5.65. The van der Waals surface area contributed by atoms with Gasteiger partial charge < -0.3 is 15.1 Å². The predicted molar refractivity (Wildman–Crippen MR) is 118 cm³/mol. The van der Waals surface area contributed by atoms with Crippen molar-refractivity contribution in [2.45, 2.75) is 60.2 Å². The van der Waals surface area contributed by atoms with Crippen LogP contribution in [0.2, 0.25) is 0 Å². The molecule has 0 saturated carbocycles. The molecule has 29 heavy (non-hydrogen) atoms. The third kappa shape index (κ3) is 6.32. The molecule has 6 nitrogen and oxygen atoms in total. The third-order valence-electron chi connectivity index (χ3n) is 5.62. The lowest BCUT2D eigenvalue weighted by atomic mass is 9.98. The Kier molecular flexibility index (Phi) is 7.69. The van der Waals surface area contributed by atoms with Gasteiger partial charge in [0.2, 0.25) is 5.89 Å². The molecule has 6 heteroatoms. The minimum atomic E-state index is 0.522. The van der Waals surface area contributed by atoms with E-state index in [1.54, 1.807) is 0 Å². The number of benzene rings is 1. The molecule has 1 saturated heterocycles. The Balaban J connectivity index is 1.62. The highest BCUT2D eigenvalue weighted by Crippen LogP contribution is 2.20. The molecule has 0 radical (unpaired) electrons. The number of guanidine groups is 1. The van der Waals surface area contributed by atoms with Gasteiger partial charge in [0.25, 0.3) is 0 Å². The van der Waals surface area contributed by atoms with Crippen LogP contribution in [-0.4, -0.2) is 35.5 Å². The zero-order valence-electron chi connectivity index (χ0n) is 18.3. The van der Waals surface area contributed by atoms with E-state index >= 15 is 0 Å². The summed E-state index contributed by atoms with van der Waals surface area (Å²) < 4.78 is 5.65. The molecular formula is C23H35N5O. The van der Waals surface area contributed by atoms with Crippen molar-refractivity contribution in [2.75, 3.05) is 19.6 Å². The lowest BCUT2D eigenvalue weighted by Gasteiger charge is -2.30. The fourth-order valence-electron chi connectivity index (χ4n) is 3.61. The van der Waals surface area contributed by atoms with Crippen molar-refractivity contribution >= 4 is 5.96 Å². The van der Waals surface area contributed by atoms with Gasteiger partial charge in [-0.2, -0.15) is 0 Å². The maximum atomic E-state index is 5.65. The Labute approximate surface area is 174 Å². The van der Waals surface area contributed by atoms with Crippen LogP contribution in [0.5, 0.6) is 0 Å². The van der Waals surface area contributed by atoms with Crippen LogP contribution in [-0.2, 0) is 19.6 Å². The fourth-order valence-corrected chi connectivity index (χ4v) is 3.61. The molecule has 0 bridgehead atoms. The number of hydrogen-bond acceptors (Lipinski definition) is 4. The molecule has 0 spiro atoms. The van der Waals surface area contributed by atoms with E-state index in [4.69, 9.17) is 9.41 Å². The summed E-state index contributed by atoms with van der Waals surface area (Å²) in [6, 6.07) is 8.66. The number of aromatic nitrogens is 1. The number of likely N-dealkylation sites (tertiary alicyclic amines) is 1. The van der Waals surface area contributed by atoms with Crippen molar-refractivity contribution in [1.82, 2.24) is 20.5 Å². The van der Waals surface area contributed by atoms with Crippen LogP contribution in [0.15, 0.2) is 33.7 Å². The van der Waals surface area contributed by atoms with Crippen molar-refractivity contribution < 1.29 is 4.42 Å². The molecule has 1 aliphatic heterocycles. The molecule has 2 aromatic rings. The van der Waals surface area contributed by atoms with Crippen LogP contribution in [0.4, 0.5) is 0 Å². The second-order valence-corrected chi connectivity index (χ2v) is 8.03. The smallest absolute Gasteiger partial charge is 0.214 e. The first kappa shape index (κ1) is 21.4. The van der Waals surface area contributed by atoms with Gasteiger partial charge in [0.15, 0.2) is 5.96 Å². The summed E-state index contributed by atoms with van der Waals surface area (Å²) in [4.78, 5) is 11.8. The average Bonchev–Trinajstić information content (AvgIpc) is 3.04. The van der Waals surface area contributed by atoms with E-state index in [0.29, 0.717) is 19.0 Å². The number of nitrogens with one attached hydrogen (secondary N) is 2. The number of piperidine rings is 1. The molecular weight excluding hydrogens is 362 g/mol. The van der Waals surface area contributed by atoms with Crippen LogP contribution >= 0.6 is 0 Å². The molecule has 0 amide bonds. The zero-order chi connectivity index (χ0) is 20.6. The molecule has 0 unspecified atom stereocenters. The number of nitrogens with zero attached hydrogens (tertiary/aromatic N) is 3. The van der Waals surface area contributed by atoms with Crippen molar-refractivity contribution in [3.63, 3.8) is 0 Å². The van der Waals surface area contributed by atoms with Crippen molar-refractivity contribution in [3.8, 4) is 0 Å². The summed E-state index contributed by atoms with van der Waals surface area (Å²) in [5.41, 5.74) is 3.59. The third-order valence-corrected chi connectivity index (χ3v) is 5.62. The van der Waals surface area contributed by atoms with Gasteiger partial charge in [0.1, 0.15) is 5.76 Å². The quantitative estimate of drug-likeness (QED) is 0.550. The highest BCUT2D eigenvalue weighted by atomic mass is 16.4. The van der Waals surface area contributed by atoms with Crippen molar-refractivity contribution in [3.05, 3.63) is 52.7 Å². The van der Waals surface area contributed by atoms with Gasteiger partial charge in [-0.25, -0.2) is 9.98 Å². The molecule has 158 valence electrons. The van der Waals surface area contributed by atoms with Crippen LogP contribution in [0, 0.1) is 19.8 Å². The van der Waals surface area contributed by atoms with E-state index in [1.807, 2.05) is 13.8 Å².